The third kappa shape index (κ3) is 5.40. The van der Waals surface area contributed by atoms with Crippen LogP contribution >= 0.6 is 0 Å². The molecule has 1 atom stereocenters. The summed E-state index contributed by atoms with van der Waals surface area (Å²) in [7, 11) is 0. The Morgan fingerprint density at radius 2 is 1.58 bits per heavy atom. The lowest BCUT2D eigenvalue weighted by atomic mass is 10.1. The minimum Gasteiger partial charge on any atom is -0.329 e. The van der Waals surface area contributed by atoms with E-state index >= 15 is 0 Å². The van der Waals surface area contributed by atoms with E-state index in [-0.39, 0.29) is 11.5 Å². The Morgan fingerprint density at radius 3 is 2.28 bits per heavy atom. The smallest absolute Gasteiger partial charge is 0.266 e. The van der Waals surface area contributed by atoms with Crippen molar-refractivity contribution in [3.63, 3.8) is 0 Å². The van der Waals surface area contributed by atoms with Crippen LogP contribution < -0.4 is 5.56 Å². The van der Waals surface area contributed by atoms with Crippen molar-refractivity contribution >= 4 is 16.8 Å². The van der Waals surface area contributed by atoms with Crippen molar-refractivity contribution < 1.29 is 4.79 Å². The number of hydrogen-bond donors (Lipinski definition) is 0. The maximum Gasteiger partial charge on any atom is 0.266 e. The third-order valence-corrected chi connectivity index (χ3v) is 6.78. The minimum atomic E-state index is -0.400. The standard InChI is InChI=1S/C31H35N3O2/c1-4-6-7-13-22-33(30(35)25-14-9-8-10-15-25)23(3)29-32-28-17-12-11-16-27(28)31(36)34(29)26-20-18-24(5-2)19-21-26/h8-12,14-21,23H,4-7,13,22H2,1-3H3. The Balaban J connectivity index is 1.84. The highest BCUT2D eigenvalue weighted by Crippen LogP contribution is 2.25. The molecule has 0 bridgehead atoms. The second-order valence-electron chi connectivity index (χ2n) is 9.25. The minimum absolute atomic E-state index is 0.0464. The van der Waals surface area contributed by atoms with Crippen LogP contribution in [0.3, 0.4) is 0 Å². The highest BCUT2D eigenvalue weighted by atomic mass is 16.2. The molecule has 0 N–H and O–H groups in total. The summed E-state index contributed by atoms with van der Waals surface area (Å²) in [5.74, 6) is 0.526. The lowest BCUT2D eigenvalue weighted by Gasteiger charge is -2.31. The van der Waals surface area contributed by atoms with Crippen molar-refractivity contribution in [2.45, 2.75) is 58.9 Å². The fourth-order valence-electron chi connectivity index (χ4n) is 4.63. The van der Waals surface area contributed by atoms with Gasteiger partial charge in [0.15, 0.2) is 0 Å². The summed E-state index contributed by atoms with van der Waals surface area (Å²) < 4.78 is 1.68. The Hall–Kier alpha value is -3.73. The van der Waals surface area contributed by atoms with Gasteiger partial charge in [-0.2, -0.15) is 0 Å². The highest BCUT2D eigenvalue weighted by molar-refractivity contribution is 5.94. The summed E-state index contributed by atoms with van der Waals surface area (Å²) in [6.45, 7) is 6.87. The monoisotopic (exact) mass is 481 g/mol. The van der Waals surface area contributed by atoms with Gasteiger partial charge in [0.25, 0.3) is 11.5 Å². The first-order valence-electron chi connectivity index (χ1n) is 13.0. The number of para-hydroxylation sites is 1. The molecule has 4 rings (SSSR count). The predicted octanol–water partition coefficient (Wildman–Crippen LogP) is 6.73. The van der Waals surface area contributed by atoms with E-state index in [1.807, 2.05) is 90.7 Å². The SMILES string of the molecule is CCCCCCN(C(=O)c1ccccc1)C(C)c1nc2ccccc2c(=O)n1-c1ccc(CC)cc1. The first-order valence-corrected chi connectivity index (χ1v) is 13.0. The van der Waals surface area contributed by atoms with Crippen molar-refractivity contribution in [3.8, 4) is 5.69 Å². The third-order valence-electron chi connectivity index (χ3n) is 6.78. The van der Waals surface area contributed by atoms with Crippen LogP contribution in [-0.4, -0.2) is 26.9 Å². The molecule has 5 heteroatoms. The first kappa shape index (κ1) is 25.4. The molecule has 0 aliphatic heterocycles. The maximum absolute atomic E-state index is 13.8. The molecule has 0 saturated heterocycles. The van der Waals surface area contributed by atoms with Crippen molar-refractivity contribution in [2.24, 2.45) is 0 Å². The van der Waals surface area contributed by atoms with Crippen LogP contribution in [0.1, 0.15) is 74.2 Å². The Kier molecular flexibility index (Phi) is 8.32. The molecule has 4 aromatic rings. The van der Waals surface area contributed by atoms with Crippen molar-refractivity contribution in [1.82, 2.24) is 14.5 Å². The van der Waals surface area contributed by atoms with Crippen molar-refractivity contribution in [1.29, 1.82) is 0 Å². The molecule has 0 radical (unpaired) electrons. The van der Waals surface area contributed by atoms with E-state index in [1.54, 1.807) is 4.57 Å². The normalized spacial score (nSPS) is 12.0. The molecule has 0 aliphatic carbocycles. The molecule has 36 heavy (non-hydrogen) atoms. The van der Waals surface area contributed by atoms with Gasteiger partial charge in [-0.3, -0.25) is 14.2 Å². The number of aromatic nitrogens is 2. The van der Waals surface area contributed by atoms with Crippen LogP contribution in [0.5, 0.6) is 0 Å². The van der Waals surface area contributed by atoms with Crippen LogP contribution in [0.15, 0.2) is 83.7 Å². The number of benzene rings is 3. The number of hydrogen-bond acceptors (Lipinski definition) is 3. The Bertz CT molecular complexity index is 1360. The Morgan fingerprint density at radius 1 is 0.889 bits per heavy atom. The van der Waals surface area contributed by atoms with E-state index in [2.05, 4.69) is 13.8 Å². The topological polar surface area (TPSA) is 55.2 Å². The number of rotatable bonds is 10. The van der Waals surface area contributed by atoms with Gasteiger partial charge in [-0.05, 0) is 61.7 Å². The average molecular weight is 482 g/mol. The van der Waals surface area contributed by atoms with E-state index in [4.69, 9.17) is 4.98 Å². The zero-order valence-corrected chi connectivity index (χ0v) is 21.5. The lowest BCUT2D eigenvalue weighted by Crippen LogP contribution is -2.38. The van der Waals surface area contributed by atoms with E-state index in [0.29, 0.717) is 28.8 Å². The lowest BCUT2D eigenvalue weighted by molar-refractivity contribution is 0.0677. The van der Waals surface area contributed by atoms with Gasteiger partial charge < -0.3 is 4.90 Å². The van der Waals surface area contributed by atoms with Crippen LogP contribution in [0, 0.1) is 0 Å². The van der Waals surface area contributed by atoms with Gasteiger partial charge in [-0.1, -0.05) is 75.6 Å². The Labute approximate surface area is 213 Å². The van der Waals surface area contributed by atoms with Crippen molar-refractivity contribution in [2.75, 3.05) is 6.54 Å². The van der Waals surface area contributed by atoms with Crippen molar-refractivity contribution in [3.05, 3.63) is 106 Å². The molecule has 0 fully saturated rings. The van der Waals surface area contributed by atoms with E-state index in [1.165, 1.54) is 5.56 Å². The van der Waals surface area contributed by atoms with Gasteiger partial charge in [0.2, 0.25) is 0 Å². The van der Waals surface area contributed by atoms with Crippen LogP contribution in [0.2, 0.25) is 0 Å². The highest BCUT2D eigenvalue weighted by Gasteiger charge is 2.27. The fourth-order valence-corrected chi connectivity index (χ4v) is 4.63. The summed E-state index contributed by atoms with van der Waals surface area (Å²) >= 11 is 0. The molecule has 1 aromatic heterocycles. The number of nitrogens with zero attached hydrogens (tertiary/aromatic N) is 3. The molecule has 1 amide bonds. The van der Waals surface area contributed by atoms with Gasteiger partial charge in [-0.25, -0.2) is 4.98 Å². The van der Waals surface area contributed by atoms with Gasteiger partial charge in [0.1, 0.15) is 5.82 Å². The molecule has 5 nitrogen and oxygen atoms in total. The predicted molar refractivity (Wildman–Crippen MR) is 147 cm³/mol. The van der Waals surface area contributed by atoms with Crippen LogP contribution in [-0.2, 0) is 6.42 Å². The quantitative estimate of drug-likeness (QED) is 0.236. The fraction of sp³-hybridized carbons (Fsp3) is 0.323. The zero-order chi connectivity index (χ0) is 25.5. The summed E-state index contributed by atoms with van der Waals surface area (Å²) in [5, 5.41) is 0.567. The van der Waals surface area contributed by atoms with Crippen LogP contribution in [0.4, 0.5) is 0 Å². The largest absolute Gasteiger partial charge is 0.329 e. The number of unbranched alkanes of at least 4 members (excludes halogenated alkanes) is 3. The number of aryl methyl sites for hydroxylation is 1. The molecule has 1 unspecified atom stereocenters. The van der Waals surface area contributed by atoms with Gasteiger partial charge in [0.05, 0.1) is 22.6 Å². The van der Waals surface area contributed by atoms with E-state index in [0.717, 1.165) is 37.8 Å². The first-order chi connectivity index (χ1) is 17.5. The number of carbonyl (C=O) groups is 1. The molecule has 1 heterocycles. The molecule has 3 aromatic carbocycles. The second kappa shape index (κ2) is 11.8. The van der Waals surface area contributed by atoms with Gasteiger partial charge in [-0.15, -0.1) is 0 Å². The number of fused-ring (bicyclic) bond motifs is 1. The van der Waals surface area contributed by atoms with Crippen LogP contribution in [0.25, 0.3) is 16.6 Å². The summed E-state index contributed by atoms with van der Waals surface area (Å²) in [5.41, 5.74) is 3.12. The molecular weight excluding hydrogens is 446 g/mol. The van der Waals surface area contributed by atoms with E-state index < -0.39 is 6.04 Å². The number of amides is 1. The van der Waals surface area contributed by atoms with E-state index in [9.17, 15) is 9.59 Å². The zero-order valence-electron chi connectivity index (χ0n) is 21.5. The molecular formula is C31H35N3O2. The molecule has 186 valence electrons. The second-order valence-corrected chi connectivity index (χ2v) is 9.25. The molecule has 0 spiro atoms. The average Bonchev–Trinajstić information content (AvgIpc) is 2.93. The summed E-state index contributed by atoms with van der Waals surface area (Å²) in [6, 6.07) is 24.4. The summed E-state index contributed by atoms with van der Waals surface area (Å²) in [6.07, 6.45) is 5.13. The molecule has 0 aliphatic rings. The van der Waals surface area contributed by atoms with Gasteiger partial charge >= 0.3 is 0 Å². The molecule has 0 saturated carbocycles. The summed E-state index contributed by atoms with van der Waals surface area (Å²) in [4.78, 5) is 34.3. The maximum atomic E-state index is 13.8. The van der Waals surface area contributed by atoms with Gasteiger partial charge in [0, 0.05) is 12.1 Å². The number of carbonyl (C=O) groups excluding carboxylic acids is 1.